The lowest BCUT2D eigenvalue weighted by Crippen LogP contribution is -2.68. The van der Waals surface area contributed by atoms with Gasteiger partial charge >= 0.3 is 0 Å². The van der Waals surface area contributed by atoms with E-state index in [4.69, 9.17) is 18.6 Å². The highest BCUT2D eigenvalue weighted by Gasteiger charge is 2.17. The van der Waals surface area contributed by atoms with Crippen LogP contribution in [0.25, 0.3) is 36.8 Å². The zero-order valence-electron chi connectivity index (χ0n) is 24.6. The van der Waals surface area contributed by atoms with Crippen molar-refractivity contribution in [1.82, 2.24) is 0 Å². The molecule has 0 radical (unpaired) electrons. The molecule has 5 aromatic rings. The summed E-state index contributed by atoms with van der Waals surface area (Å²) in [6, 6.07) is 47.0. The van der Waals surface area contributed by atoms with Crippen LogP contribution in [0.3, 0.4) is 0 Å². The third-order valence-electron chi connectivity index (χ3n) is 6.66. The molecule has 0 bridgehead atoms. The van der Waals surface area contributed by atoms with Crippen LogP contribution in [0.1, 0.15) is 16.7 Å². The van der Waals surface area contributed by atoms with Crippen LogP contribution in [0.5, 0.6) is 0 Å². The fourth-order valence-corrected chi connectivity index (χ4v) is 6.88. The summed E-state index contributed by atoms with van der Waals surface area (Å²) in [7, 11) is -4.94. The molecule has 1 aliphatic rings. The molecule has 4 nitrogen and oxygen atoms in total. The molecule has 4 aromatic carbocycles. The molecule has 0 aliphatic carbocycles. The van der Waals surface area contributed by atoms with Crippen molar-refractivity contribution in [3.05, 3.63) is 192 Å². The maximum absolute atomic E-state index is 8.49. The maximum Gasteiger partial charge on any atom is 0.239 e. The van der Waals surface area contributed by atoms with Crippen LogP contribution in [0.4, 0.5) is 0 Å². The molecule has 0 N–H and O–H groups in total. The number of benzene rings is 4. The maximum atomic E-state index is 8.49. The predicted octanol–water partition coefficient (Wildman–Crippen LogP) is 6.93. The van der Waals surface area contributed by atoms with E-state index in [0.717, 1.165) is 0 Å². The molecule has 0 atom stereocenters. The van der Waals surface area contributed by atoms with Gasteiger partial charge in [0.1, 0.15) is 0 Å². The zero-order valence-corrected chi connectivity index (χ0v) is 27.0. The number of hydrogen-bond donors (Lipinski definition) is 0. The zero-order chi connectivity index (χ0) is 32.2. The average Bonchev–Trinajstić information content (AvgIpc) is 3.09. The Morgan fingerprint density at radius 2 is 0.891 bits per heavy atom. The molecular weight excluding hydrogens is 632 g/mol. The number of thioether (sulfide) groups is 1. The van der Waals surface area contributed by atoms with Crippen molar-refractivity contribution in [3.8, 4) is 20.9 Å². The lowest BCUT2D eigenvalue weighted by molar-refractivity contribution is -2.00. The van der Waals surface area contributed by atoms with E-state index < -0.39 is 10.2 Å². The van der Waals surface area contributed by atoms with Gasteiger partial charge in [-0.05, 0) is 58.7 Å². The van der Waals surface area contributed by atoms with Gasteiger partial charge < -0.3 is 0 Å². The fourth-order valence-electron chi connectivity index (χ4n) is 4.61. The van der Waals surface area contributed by atoms with Crippen molar-refractivity contribution in [3.63, 3.8) is 0 Å². The first-order chi connectivity index (χ1) is 22.3. The van der Waals surface area contributed by atoms with Crippen molar-refractivity contribution in [2.24, 2.45) is 0 Å². The Balaban J connectivity index is 0.000000775. The number of allylic oxidation sites excluding steroid dienone is 7. The van der Waals surface area contributed by atoms with E-state index in [1.807, 2.05) is 23.1 Å². The first kappa shape index (κ1) is 33.0. The summed E-state index contributed by atoms with van der Waals surface area (Å²) in [6.07, 6.45) is 15.3. The second-order valence-corrected chi connectivity index (χ2v) is 12.9. The standard InChI is InChI=1S/C39H29S2.ClHO4/c1(6-16-30-26-36(32-18-8-2-9-19-32)40-37(27-30)33-20-10-3-11-21-33)7-17-31-28-38(34-22-12-4-13-23-34)41-39(29-31)35-24-14-5-15-25-35;2-1(3,4)5/h1-29H;(H,2,3,4,5)/q+1;/p-1. The van der Waals surface area contributed by atoms with E-state index in [2.05, 4.69) is 176 Å². The Hall–Kier alpha value is -4.37. The molecular formula is C39H29ClO4S2. The lowest BCUT2D eigenvalue weighted by Gasteiger charge is -2.17. The summed E-state index contributed by atoms with van der Waals surface area (Å²) in [5.41, 5.74) is 7.32. The SMILES string of the molecule is C(/C=C/C=C/c1cc(-c2ccccc2)[s+]c(-c2ccccc2)c1)=C1C=C(c2ccccc2)SC(c2ccccc2)=C1.[O-][Cl+3]([O-])([O-])[O-]. The molecule has 2 heterocycles. The van der Waals surface area contributed by atoms with Gasteiger partial charge in [-0.1, -0.05) is 139 Å². The van der Waals surface area contributed by atoms with E-state index in [9.17, 15) is 0 Å². The van der Waals surface area contributed by atoms with Gasteiger partial charge in [0, 0.05) is 33.1 Å². The van der Waals surface area contributed by atoms with Gasteiger partial charge in [0.05, 0.1) is 0 Å². The number of hydrogen-bond acceptors (Lipinski definition) is 5. The van der Waals surface area contributed by atoms with Gasteiger partial charge in [0.2, 0.25) is 21.1 Å². The highest BCUT2D eigenvalue weighted by Crippen LogP contribution is 2.44. The molecule has 46 heavy (non-hydrogen) atoms. The average molecular weight is 661 g/mol. The summed E-state index contributed by atoms with van der Waals surface area (Å²) in [5.74, 6) is 0. The Kier molecular flexibility index (Phi) is 11.7. The van der Waals surface area contributed by atoms with Crippen molar-refractivity contribution in [2.75, 3.05) is 0 Å². The van der Waals surface area contributed by atoms with E-state index in [1.165, 1.54) is 53.0 Å². The fraction of sp³-hybridized carbons (Fsp3) is 0. The molecule has 228 valence electrons. The summed E-state index contributed by atoms with van der Waals surface area (Å²) in [6.45, 7) is 0. The normalized spacial score (nSPS) is 13.2. The molecule has 6 rings (SSSR count). The summed E-state index contributed by atoms with van der Waals surface area (Å²) < 4.78 is 34.0. The van der Waals surface area contributed by atoms with Gasteiger partial charge in [-0.15, -0.1) is 10.2 Å². The van der Waals surface area contributed by atoms with Crippen LogP contribution in [-0.2, 0) is 0 Å². The largest absolute Gasteiger partial charge is 0.239 e. The monoisotopic (exact) mass is 660 g/mol. The van der Waals surface area contributed by atoms with Gasteiger partial charge in [-0.25, -0.2) is 18.6 Å². The van der Waals surface area contributed by atoms with Gasteiger partial charge in [0.25, 0.3) is 0 Å². The molecule has 0 fully saturated rings. The van der Waals surface area contributed by atoms with E-state index in [-0.39, 0.29) is 0 Å². The number of halogens is 1. The molecule has 1 aromatic heterocycles. The summed E-state index contributed by atoms with van der Waals surface area (Å²) in [4.78, 5) is 5.04. The predicted molar refractivity (Wildman–Crippen MR) is 182 cm³/mol. The van der Waals surface area contributed by atoms with E-state index >= 15 is 0 Å². The Labute approximate surface area is 279 Å². The smallest absolute Gasteiger partial charge is 0.222 e. The molecule has 0 amide bonds. The van der Waals surface area contributed by atoms with Crippen molar-refractivity contribution in [2.45, 2.75) is 0 Å². The molecule has 1 aliphatic heterocycles. The lowest BCUT2D eigenvalue weighted by atomic mass is 10.1. The van der Waals surface area contributed by atoms with Gasteiger partial charge in [0.15, 0.2) is 0 Å². The van der Waals surface area contributed by atoms with E-state index in [1.54, 1.807) is 0 Å². The van der Waals surface area contributed by atoms with Crippen LogP contribution in [0.2, 0.25) is 0 Å². The highest BCUT2D eigenvalue weighted by atomic mass is 35.7. The minimum atomic E-state index is -4.94. The Bertz CT molecular complexity index is 1760. The Morgan fingerprint density at radius 3 is 1.30 bits per heavy atom. The quantitative estimate of drug-likeness (QED) is 0.139. The van der Waals surface area contributed by atoms with E-state index in [0.29, 0.717) is 0 Å². The minimum absolute atomic E-state index is 1.19. The number of rotatable bonds is 7. The van der Waals surface area contributed by atoms with Crippen LogP contribution in [-0.4, -0.2) is 0 Å². The molecule has 0 saturated heterocycles. The first-order valence-corrected chi connectivity index (χ1v) is 17.2. The molecule has 0 saturated carbocycles. The van der Waals surface area contributed by atoms with Crippen LogP contribution >= 0.6 is 23.1 Å². The van der Waals surface area contributed by atoms with Crippen molar-refractivity contribution >= 4 is 39.0 Å². The molecule has 7 heteroatoms. The minimum Gasteiger partial charge on any atom is -0.222 e. The second kappa shape index (κ2) is 16.3. The highest BCUT2D eigenvalue weighted by molar-refractivity contribution is 8.16. The third kappa shape index (κ3) is 10.3. The van der Waals surface area contributed by atoms with Crippen molar-refractivity contribution in [1.29, 1.82) is 0 Å². The van der Waals surface area contributed by atoms with Crippen molar-refractivity contribution < 1.29 is 28.9 Å². The van der Waals surface area contributed by atoms with Crippen LogP contribution in [0, 0.1) is 10.2 Å². The molecule has 0 spiro atoms. The second-order valence-electron chi connectivity index (χ2n) is 9.99. The third-order valence-corrected chi connectivity index (χ3v) is 8.96. The topological polar surface area (TPSA) is 92.2 Å². The summed E-state index contributed by atoms with van der Waals surface area (Å²) in [5, 5.41) is 0. The molecule has 0 unspecified atom stereocenters. The Morgan fingerprint density at radius 1 is 0.500 bits per heavy atom. The van der Waals surface area contributed by atoms with Crippen LogP contribution in [0.15, 0.2) is 175 Å². The van der Waals surface area contributed by atoms with Crippen LogP contribution < -0.4 is 18.6 Å². The van der Waals surface area contributed by atoms with Gasteiger partial charge in [-0.2, -0.15) is 0 Å². The first-order valence-electron chi connectivity index (χ1n) is 14.3. The summed E-state index contributed by atoms with van der Waals surface area (Å²) >= 11 is 3.65. The van der Waals surface area contributed by atoms with Gasteiger partial charge in [-0.3, -0.25) is 0 Å².